The van der Waals surface area contributed by atoms with Crippen molar-refractivity contribution in [3.8, 4) is 17.2 Å². The molecule has 1 N–H and O–H groups in total. The number of hydrogen-bond donors (Lipinski definition) is 1. The minimum atomic E-state index is -0.510. The summed E-state index contributed by atoms with van der Waals surface area (Å²) >= 11 is 1.29. The number of amides is 1. The second-order valence-corrected chi connectivity index (χ2v) is 6.22. The monoisotopic (exact) mass is 365 g/mol. The Morgan fingerprint density at radius 3 is 2.04 bits per heavy atom. The molecule has 0 aliphatic rings. The number of rotatable bonds is 6. The lowest BCUT2D eigenvalue weighted by Gasteiger charge is -2.14. The molecule has 1 heterocycles. The summed E-state index contributed by atoms with van der Waals surface area (Å²) in [5.74, 6) is 0.199. The number of ether oxygens (including phenoxy) is 4. The van der Waals surface area contributed by atoms with Crippen molar-refractivity contribution in [3.63, 3.8) is 0 Å². The molecule has 0 spiro atoms. The van der Waals surface area contributed by atoms with Crippen molar-refractivity contribution < 1.29 is 28.5 Å². The fourth-order valence-corrected chi connectivity index (χ4v) is 3.15. The van der Waals surface area contributed by atoms with Crippen LogP contribution in [0.5, 0.6) is 17.2 Å². The molecule has 0 aliphatic carbocycles. The number of carbonyl (C=O) groups excluding carboxylic acids is 2. The van der Waals surface area contributed by atoms with E-state index in [9.17, 15) is 9.59 Å². The average Bonchev–Trinajstić information content (AvgIpc) is 2.99. The van der Waals surface area contributed by atoms with Crippen molar-refractivity contribution in [3.05, 3.63) is 34.2 Å². The van der Waals surface area contributed by atoms with Gasteiger partial charge in [0.25, 0.3) is 5.91 Å². The third-order valence-electron chi connectivity index (χ3n) is 3.41. The lowest BCUT2D eigenvalue weighted by atomic mass is 10.1. The highest BCUT2D eigenvalue weighted by atomic mass is 32.1. The second kappa shape index (κ2) is 7.89. The molecule has 7 nitrogen and oxygen atoms in total. The summed E-state index contributed by atoms with van der Waals surface area (Å²) in [6.45, 7) is 1.84. The molecule has 0 aliphatic heterocycles. The van der Waals surface area contributed by atoms with Gasteiger partial charge in [0.15, 0.2) is 11.5 Å². The summed E-state index contributed by atoms with van der Waals surface area (Å²) in [5, 5.41) is 3.15. The number of anilines is 1. The summed E-state index contributed by atoms with van der Waals surface area (Å²) in [5.41, 5.74) is 0.613. The van der Waals surface area contributed by atoms with E-state index in [1.54, 1.807) is 6.07 Å². The maximum absolute atomic E-state index is 12.6. The Labute approximate surface area is 149 Å². The number of aryl methyl sites for hydroxylation is 1. The highest BCUT2D eigenvalue weighted by molar-refractivity contribution is 7.16. The molecule has 25 heavy (non-hydrogen) atoms. The van der Waals surface area contributed by atoms with Gasteiger partial charge in [-0.1, -0.05) is 0 Å². The van der Waals surface area contributed by atoms with Crippen molar-refractivity contribution in [1.82, 2.24) is 0 Å². The molecular formula is C17H19NO6S. The van der Waals surface area contributed by atoms with Crippen LogP contribution in [0.25, 0.3) is 0 Å². The molecule has 1 aromatic carbocycles. The number of esters is 1. The van der Waals surface area contributed by atoms with E-state index < -0.39 is 11.9 Å². The van der Waals surface area contributed by atoms with Gasteiger partial charge in [0.2, 0.25) is 5.75 Å². The topological polar surface area (TPSA) is 83.1 Å². The Kier molecular flexibility index (Phi) is 5.87. The SMILES string of the molecule is COC(=O)c1cc(C)sc1NC(=O)c1cc(OC)c(OC)c(OC)c1. The van der Waals surface area contributed by atoms with Crippen LogP contribution in [0.4, 0.5) is 5.00 Å². The van der Waals surface area contributed by atoms with Gasteiger partial charge in [0.1, 0.15) is 5.00 Å². The molecule has 2 rings (SSSR count). The Morgan fingerprint density at radius 1 is 0.960 bits per heavy atom. The smallest absolute Gasteiger partial charge is 0.340 e. The summed E-state index contributed by atoms with van der Waals surface area (Å²) < 4.78 is 20.5. The number of methoxy groups -OCH3 is 4. The van der Waals surface area contributed by atoms with Gasteiger partial charge in [-0.15, -0.1) is 11.3 Å². The van der Waals surface area contributed by atoms with E-state index in [0.29, 0.717) is 33.4 Å². The standard InChI is InChI=1S/C17H19NO6S/c1-9-6-11(17(20)24-5)16(25-9)18-15(19)10-7-12(21-2)14(23-4)13(8-10)22-3/h6-8H,1-5H3,(H,18,19). The number of carbonyl (C=O) groups is 2. The van der Waals surface area contributed by atoms with Crippen LogP contribution in [0.3, 0.4) is 0 Å². The van der Waals surface area contributed by atoms with Crippen LogP contribution in [0, 0.1) is 6.92 Å². The molecule has 0 fully saturated rings. The fourth-order valence-electron chi connectivity index (χ4n) is 2.26. The normalized spacial score (nSPS) is 10.1. The Bertz CT molecular complexity index is 773. The summed E-state index contributed by atoms with van der Waals surface area (Å²) in [4.78, 5) is 25.3. The molecule has 2 aromatic rings. The first-order valence-electron chi connectivity index (χ1n) is 7.25. The van der Waals surface area contributed by atoms with Crippen molar-refractivity contribution in [2.75, 3.05) is 33.8 Å². The average molecular weight is 365 g/mol. The molecule has 1 amide bonds. The first-order chi connectivity index (χ1) is 11.9. The minimum absolute atomic E-state index is 0.302. The van der Waals surface area contributed by atoms with Crippen molar-refractivity contribution in [1.29, 1.82) is 0 Å². The van der Waals surface area contributed by atoms with Gasteiger partial charge in [-0.05, 0) is 25.1 Å². The predicted octanol–water partition coefficient (Wildman–Crippen LogP) is 3.12. The van der Waals surface area contributed by atoms with Crippen LogP contribution in [0.1, 0.15) is 25.6 Å². The van der Waals surface area contributed by atoms with Gasteiger partial charge in [-0.2, -0.15) is 0 Å². The van der Waals surface area contributed by atoms with Gasteiger partial charge in [0.05, 0.1) is 34.0 Å². The van der Waals surface area contributed by atoms with Crippen LogP contribution in [-0.4, -0.2) is 40.3 Å². The molecule has 0 saturated heterocycles. The quantitative estimate of drug-likeness (QED) is 0.792. The summed E-state index contributed by atoms with van der Waals surface area (Å²) in [7, 11) is 5.71. The van der Waals surface area contributed by atoms with Crippen LogP contribution in [0.2, 0.25) is 0 Å². The molecule has 0 unspecified atom stereocenters. The summed E-state index contributed by atoms with van der Waals surface area (Å²) in [6, 6.07) is 4.74. The minimum Gasteiger partial charge on any atom is -0.493 e. The molecule has 1 aromatic heterocycles. The summed E-state index contributed by atoms with van der Waals surface area (Å²) in [6.07, 6.45) is 0. The number of benzene rings is 1. The van der Waals surface area contributed by atoms with Gasteiger partial charge in [0, 0.05) is 10.4 Å². The zero-order valence-electron chi connectivity index (χ0n) is 14.6. The first kappa shape index (κ1) is 18.6. The van der Waals surface area contributed by atoms with E-state index >= 15 is 0 Å². The number of thiophene rings is 1. The lowest BCUT2D eigenvalue weighted by Crippen LogP contribution is -2.14. The molecule has 134 valence electrons. The van der Waals surface area contributed by atoms with E-state index in [0.717, 1.165) is 4.88 Å². The third kappa shape index (κ3) is 3.85. The van der Waals surface area contributed by atoms with E-state index in [1.807, 2.05) is 6.92 Å². The van der Waals surface area contributed by atoms with E-state index in [1.165, 1.54) is 51.9 Å². The van der Waals surface area contributed by atoms with Crippen molar-refractivity contribution >= 4 is 28.2 Å². The van der Waals surface area contributed by atoms with Gasteiger partial charge >= 0.3 is 5.97 Å². The highest BCUT2D eigenvalue weighted by Gasteiger charge is 2.21. The van der Waals surface area contributed by atoms with Crippen LogP contribution < -0.4 is 19.5 Å². The predicted molar refractivity (Wildman–Crippen MR) is 94.4 cm³/mol. The third-order valence-corrected chi connectivity index (χ3v) is 4.38. The maximum Gasteiger partial charge on any atom is 0.340 e. The lowest BCUT2D eigenvalue weighted by molar-refractivity contribution is 0.0602. The molecule has 8 heteroatoms. The first-order valence-corrected chi connectivity index (χ1v) is 8.06. The fraction of sp³-hybridized carbons (Fsp3) is 0.294. The molecule has 0 atom stereocenters. The van der Waals surface area contributed by atoms with Gasteiger partial charge in [-0.3, -0.25) is 4.79 Å². The van der Waals surface area contributed by atoms with Crippen molar-refractivity contribution in [2.24, 2.45) is 0 Å². The van der Waals surface area contributed by atoms with E-state index in [4.69, 9.17) is 18.9 Å². The Morgan fingerprint density at radius 2 is 1.56 bits per heavy atom. The zero-order chi connectivity index (χ0) is 18.6. The van der Waals surface area contributed by atoms with Crippen LogP contribution in [-0.2, 0) is 4.74 Å². The molecule has 0 radical (unpaired) electrons. The molecular weight excluding hydrogens is 346 g/mol. The van der Waals surface area contributed by atoms with Crippen molar-refractivity contribution in [2.45, 2.75) is 6.92 Å². The highest BCUT2D eigenvalue weighted by Crippen LogP contribution is 2.38. The Hall–Kier alpha value is -2.74. The Balaban J connectivity index is 2.38. The molecule has 0 bridgehead atoms. The second-order valence-electron chi connectivity index (χ2n) is 4.96. The number of hydrogen-bond acceptors (Lipinski definition) is 7. The van der Waals surface area contributed by atoms with E-state index in [2.05, 4.69) is 5.32 Å². The number of nitrogens with one attached hydrogen (secondary N) is 1. The van der Waals surface area contributed by atoms with Gasteiger partial charge in [-0.25, -0.2) is 4.79 Å². The molecule has 0 saturated carbocycles. The van der Waals surface area contributed by atoms with Gasteiger partial charge < -0.3 is 24.3 Å². The van der Waals surface area contributed by atoms with E-state index in [-0.39, 0.29) is 0 Å². The van der Waals surface area contributed by atoms with Crippen LogP contribution >= 0.6 is 11.3 Å². The zero-order valence-corrected chi connectivity index (χ0v) is 15.4. The van der Waals surface area contributed by atoms with Crippen LogP contribution in [0.15, 0.2) is 18.2 Å². The largest absolute Gasteiger partial charge is 0.493 e. The maximum atomic E-state index is 12.6.